The maximum Gasteiger partial charge on any atom is 0.118 e. The van der Waals surface area contributed by atoms with Crippen molar-refractivity contribution in [3.63, 3.8) is 0 Å². The van der Waals surface area contributed by atoms with Crippen LogP contribution in [0.25, 0.3) is 0 Å². The number of aryl methyl sites for hydroxylation is 1. The van der Waals surface area contributed by atoms with E-state index in [0.29, 0.717) is 12.0 Å². The zero-order chi connectivity index (χ0) is 17.3. The second-order valence-electron chi connectivity index (χ2n) is 6.99. The molecule has 1 saturated heterocycles. The van der Waals surface area contributed by atoms with Crippen molar-refractivity contribution in [1.29, 1.82) is 0 Å². The fourth-order valence-electron chi connectivity index (χ4n) is 3.47. The van der Waals surface area contributed by atoms with Crippen LogP contribution in [0.4, 0.5) is 0 Å². The number of rotatable bonds is 5. The maximum absolute atomic E-state index is 6.16. The average molecular weight is 328 g/mol. The van der Waals surface area contributed by atoms with Crippen molar-refractivity contribution in [2.24, 2.45) is 11.7 Å². The molecule has 2 heterocycles. The molecule has 1 aromatic carbocycles. The third-order valence-electron chi connectivity index (χ3n) is 5.15. The molecular formula is C19H28N4O. The molecule has 130 valence electrons. The lowest BCUT2D eigenvalue weighted by molar-refractivity contribution is 0.317. The van der Waals surface area contributed by atoms with Gasteiger partial charge in [-0.25, -0.2) is 0 Å². The predicted molar refractivity (Wildman–Crippen MR) is 96.2 cm³/mol. The van der Waals surface area contributed by atoms with Crippen LogP contribution in [0.5, 0.6) is 5.75 Å². The van der Waals surface area contributed by atoms with Crippen LogP contribution in [-0.4, -0.2) is 40.9 Å². The quantitative estimate of drug-likeness (QED) is 0.915. The third kappa shape index (κ3) is 3.47. The SMILES string of the molecule is COc1ccc(Cn2nc(C)c(CN3CC(C)C(N)C3)c2C)cc1. The van der Waals surface area contributed by atoms with Crippen molar-refractivity contribution in [3.05, 3.63) is 46.8 Å². The van der Waals surface area contributed by atoms with Crippen molar-refractivity contribution < 1.29 is 4.74 Å². The molecule has 0 radical (unpaired) electrons. The Morgan fingerprint density at radius 2 is 1.88 bits per heavy atom. The molecule has 2 unspecified atom stereocenters. The number of methoxy groups -OCH3 is 1. The van der Waals surface area contributed by atoms with Crippen molar-refractivity contribution in [2.75, 3.05) is 20.2 Å². The molecule has 1 aromatic heterocycles. The van der Waals surface area contributed by atoms with E-state index in [0.717, 1.165) is 37.6 Å². The Morgan fingerprint density at radius 3 is 2.46 bits per heavy atom. The summed E-state index contributed by atoms with van der Waals surface area (Å²) in [4.78, 5) is 2.45. The number of aromatic nitrogens is 2. The molecule has 0 bridgehead atoms. The van der Waals surface area contributed by atoms with E-state index in [4.69, 9.17) is 15.6 Å². The van der Waals surface area contributed by atoms with Gasteiger partial charge in [0.2, 0.25) is 0 Å². The summed E-state index contributed by atoms with van der Waals surface area (Å²) in [7, 11) is 1.69. The van der Waals surface area contributed by atoms with Crippen LogP contribution >= 0.6 is 0 Å². The highest BCUT2D eigenvalue weighted by Crippen LogP contribution is 2.22. The minimum absolute atomic E-state index is 0.292. The van der Waals surface area contributed by atoms with Gasteiger partial charge in [0.25, 0.3) is 0 Å². The molecule has 5 nitrogen and oxygen atoms in total. The van der Waals surface area contributed by atoms with Crippen molar-refractivity contribution in [2.45, 2.75) is 39.9 Å². The summed E-state index contributed by atoms with van der Waals surface area (Å²) in [6.45, 7) is 10.3. The molecule has 2 aromatic rings. The summed E-state index contributed by atoms with van der Waals surface area (Å²) in [5.74, 6) is 1.45. The standard InChI is InChI=1S/C19H28N4O/c1-13-9-22(12-19(13)20)11-18-14(2)21-23(15(18)3)10-16-5-7-17(24-4)8-6-16/h5-8,13,19H,9-12,20H2,1-4H3. The van der Waals surface area contributed by atoms with Crippen LogP contribution in [0.15, 0.2) is 24.3 Å². The van der Waals surface area contributed by atoms with Crippen molar-refractivity contribution >= 4 is 0 Å². The Morgan fingerprint density at radius 1 is 1.17 bits per heavy atom. The second kappa shape index (κ2) is 6.95. The van der Waals surface area contributed by atoms with E-state index in [2.05, 4.69) is 42.5 Å². The average Bonchev–Trinajstić information content (AvgIpc) is 3.02. The Hall–Kier alpha value is -1.85. The minimum atomic E-state index is 0.292. The van der Waals surface area contributed by atoms with E-state index in [1.165, 1.54) is 16.8 Å². The van der Waals surface area contributed by atoms with Gasteiger partial charge in [0.1, 0.15) is 5.75 Å². The zero-order valence-electron chi connectivity index (χ0n) is 15.1. The van der Waals surface area contributed by atoms with Gasteiger partial charge in [-0.05, 0) is 37.5 Å². The normalized spacial score (nSPS) is 21.4. The Kier molecular flexibility index (Phi) is 4.92. The molecule has 2 N–H and O–H groups in total. The first kappa shape index (κ1) is 17.0. The molecule has 2 atom stereocenters. The van der Waals surface area contributed by atoms with E-state index in [-0.39, 0.29) is 0 Å². The number of likely N-dealkylation sites (tertiary alicyclic amines) is 1. The molecule has 0 amide bonds. The van der Waals surface area contributed by atoms with Gasteiger partial charge in [-0.15, -0.1) is 0 Å². The molecular weight excluding hydrogens is 300 g/mol. The lowest BCUT2D eigenvalue weighted by Crippen LogP contribution is -2.28. The lowest BCUT2D eigenvalue weighted by atomic mass is 10.1. The number of nitrogens with zero attached hydrogens (tertiary/aromatic N) is 3. The molecule has 0 saturated carbocycles. The summed E-state index contributed by atoms with van der Waals surface area (Å²) in [5.41, 5.74) is 11.1. The lowest BCUT2D eigenvalue weighted by Gasteiger charge is -2.15. The van der Waals surface area contributed by atoms with Gasteiger partial charge in [-0.3, -0.25) is 9.58 Å². The van der Waals surface area contributed by atoms with Crippen molar-refractivity contribution in [1.82, 2.24) is 14.7 Å². The molecule has 0 spiro atoms. The van der Waals surface area contributed by atoms with Gasteiger partial charge >= 0.3 is 0 Å². The van der Waals surface area contributed by atoms with Crippen LogP contribution < -0.4 is 10.5 Å². The summed E-state index contributed by atoms with van der Waals surface area (Å²) in [5, 5.41) is 4.76. The van der Waals surface area contributed by atoms with Gasteiger partial charge in [0, 0.05) is 36.9 Å². The maximum atomic E-state index is 6.16. The Bertz CT molecular complexity index is 682. The summed E-state index contributed by atoms with van der Waals surface area (Å²) in [6, 6.07) is 8.47. The molecule has 0 aliphatic carbocycles. The van der Waals surface area contributed by atoms with E-state index in [1.807, 2.05) is 12.1 Å². The van der Waals surface area contributed by atoms with Crippen LogP contribution in [0.1, 0.15) is 29.4 Å². The Labute approximate surface area is 144 Å². The smallest absolute Gasteiger partial charge is 0.118 e. The molecule has 1 aliphatic rings. The molecule has 5 heteroatoms. The van der Waals surface area contributed by atoms with E-state index < -0.39 is 0 Å². The zero-order valence-corrected chi connectivity index (χ0v) is 15.1. The monoisotopic (exact) mass is 328 g/mol. The number of hydrogen-bond donors (Lipinski definition) is 1. The third-order valence-corrected chi connectivity index (χ3v) is 5.15. The molecule has 1 aliphatic heterocycles. The largest absolute Gasteiger partial charge is 0.497 e. The first-order chi connectivity index (χ1) is 11.5. The fraction of sp³-hybridized carbons (Fsp3) is 0.526. The highest BCUT2D eigenvalue weighted by atomic mass is 16.5. The molecule has 24 heavy (non-hydrogen) atoms. The fourth-order valence-corrected chi connectivity index (χ4v) is 3.47. The van der Waals surface area contributed by atoms with Gasteiger partial charge in [0.05, 0.1) is 19.3 Å². The van der Waals surface area contributed by atoms with E-state index >= 15 is 0 Å². The molecule has 1 fully saturated rings. The highest BCUT2D eigenvalue weighted by Gasteiger charge is 2.27. The second-order valence-corrected chi connectivity index (χ2v) is 6.99. The van der Waals surface area contributed by atoms with Gasteiger partial charge in [0.15, 0.2) is 0 Å². The van der Waals surface area contributed by atoms with Gasteiger partial charge < -0.3 is 10.5 Å². The highest BCUT2D eigenvalue weighted by molar-refractivity contribution is 5.29. The number of hydrogen-bond acceptors (Lipinski definition) is 4. The van der Waals surface area contributed by atoms with Crippen molar-refractivity contribution in [3.8, 4) is 5.75 Å². The predicted octanol–water partition coefficient (Wildman–Crippen LogP) is 2.34. The first-order valence-electron chi connectivity index (χ1n) is 8.61. The first-order valence-corrected chi connectivity index (χ1v) is 8.61. The van der Waals surface area contributed by atoms with E-state index in [9.17, 15) is 0 Å². The van der Waals surface area contributed by atoms with Gasteiger partial charge in [-0.1, -0.05) is 19.1 Å². The van der Waals surface area contributed by atoms with E-state index in [1.54, 1.807) is 7.11 Å². The summed E-state index contributed by atoms with van der Waals surface area (Å²) in [6.07, 6.45) is 0. The molecule has 3 rings (SSSR count). The van der Waals surface area contributed by atoms with Crippen LogP contribution in [0.2, 0.25) is 0 Å². The number of benzene rings is 1. The van der Waals surface area contributed by atoms with Crippen LogP contribution in [0.3, 0.4) is 0 Å². The van der Waals surface area contributed by atoms with Crippen LogP contribution in [-0.2, 0) is 13.1 Å². The van der Waals surface area contributed by atoms with Gasteiger partial charge in [-0.2, -0.15) is 5.10 Å². The summed E-state index contributed by atoms with van der Waals surface area (Å²) >= 11 is 0. The summed E-state index contributed by atoms with van der Waals surface area (Å²) < 4.78 is 7.32. The number of ether oxygens (including phenoxy) is 1. The minimum Gasteiger partial charge on any atom is -0.497 e. The van der Waals surface area contributed by atoms with Crippen LogP contribution in [0, 0.1) is 19.8 Å². The number of nitrogens with two attached hydrogens (primary N) is 1. The Balaban J connectivity index is 1.73. The topological polar surface area (TPSA) is 56.3 Å².